The predicted molar refractivity (Wildman–Crippen MR) is 224 cm³/mol. The molecule has 23 heteroatoms. The first-order valence-corrected chi connectivity index (χ1v) is 20.2. The molecule has 7 atom stereocenters. The number of benzene rings is 1. The van der Waals surface area contributed by atoms with E-state index in [0.717, 1.165) is 4.90 Å². The Morgan fingerprint density at radius 1 is 0.710 bits per heavy atom. The van der Waals surface area contributed by atoms with Crippen molar-refractivity contribution in [1.29, 1.82) is 0 Å². The van der Waals surface area contributed by atoms with Crippen LogP contribution in [-0.2, 0) is 54.4 Å². The molecule has 0 unspecified atom stereocenters. The van der Waals surface area contributed by atoms with Gasteiger partial charge in [0, 0.05) is 20.0 Å². The van der Waals surface area contributed by atoms with E-state index in [4.69, 9.17) is 22.9 Å². The fourth-order valence-corrected chi connectivity index (χ4v) is 5.89. The lowest BCUT2D eigenvalue weighted by atomic mass is 9.96. The molecule has 1 aromatic rings. The van der Waals surface area contributed by atoms with Gasteiger partial charge in [0.25, 0.3) is 0 Å². The Kier molecular flexibility index (Phi) is 23.8. The van der Waals surface area contributed by atoms with Crippen molar-refractivity contribution in [1.82, 2.24) is 42.1 Å². The number of rotatable bonds is 29. The summed E-state index contributed by atoms with van der Waals surface area (Å²) in [6.07, 6.45) is 0.406. The molecule has 0 saturated carbocycles. The van der Waals surface area contributed by atoms with E-state index in [2.05, 4.69) is 37.2 Å². The molecule has 1 rings (SSSR count). The molecule has 0 aliphatic carbocycles. The Balaban J connectivity index is 3.21. The summed E-state index contributed by atoms with van der Waals surface area (Å²) < 4.78 is 0. The van der Waals surface area contributed by atoms with Crippen LogP contribution < -0.4 is 60.2 Å². The van der Waals surface area contributed by atoms with E-state index >= 15 is 0 Å². The summed E-state index contributed by atoms with van der Waals surface area (Å²) >= 11 is 0. The average molecular weight is 877 g/mol. The molecule has 0 spiro atoms. The van der Waals surface area contributed by atoms with Gasteiger partial charge in [-0.15, -0.1) is 0 Å². The van der Waals surface area contributed by atoms with Crippen molar-refractivity contribution in [3.8, 4) is 5.75 Å². The monoisotopic (exact) mass is 876 g/mol. The van der Waals surface area contributed by atoms with Crippen LogP contribution in [0.5, 0.6) is 5.75 Å². The highest BCUT2D eigenvalue weighted by Gasteiger charge is 2.35. The number of hydrogen-bond acceptors (Lipinski definition) is 13. The summed E-state index contributed by atoms with van der Waals surface area (Å²) in [5, 5.41) is 27.0. The quantitative estimate of drug-likeness (QED) is 0.0361. The van der Waals surface area contributed by atoms with Crippen molar-refractivity contribution in [2.24, 2.45) is 28.9 Å². The second-order valence-corrected chi connectivity index (χ2v) is 14.9. The Bertz CT molecular complexity index is 1730. The smallest absolute Gasteiger partial charge is 0.246 e. The van der Waals surface area contributed by atoms with E-state index in [0.29, 0.717) is 24.8 Å². The van der Waals surface area contributed by atoms with Crippen LogP contribution in [0.15, 0.2) is 24.3 Å². The highest BCUT2D eigenvalue weighted by molar-refractivity contribution is 5.98. The van der Waals surface area contributed by atoms with Gasteiger partial charge in [-0.05, 0) is 49.9 Å². The standard InChI is InChI=1S/C39H64N12O11/c1-6-8-9-25(35(58)45-19-31(43)55)46-32(56)20-51(5)39(62)28(18-44-4)49-37(60)27(17-30(42)54)48-36(59)26(14-15-29(41)53)47-38(61)33(21(3)7-2)50-34(57)24(40)16-22-10-12-23(52)13-11-22/h10-13,21,24-28,33,44,52H,6-9,14-20,40H2,1-5H3,(H2,41,53)(H2,42,54)(H2,43,55)(H,45,58)(H,46,56)(H,47,61)(H,48,59)(H,49,60)(H,50,57)/t21-,24-,25-,26-,27-,28-,33-/m0/s1. The van der Waals surface area contributed by atoms with Gasteiger partial charge in [-0.1, -0.05) is 52.2 Å². The third-order valence-electron chi connectivity index (χ3n) is 9.59. The minimum absolute atomic E-state index is 0.0225. The second-order valence-electron chi connectivity index (χ2n) is 14.9. The number of hydrogen-bond donors (Lipinski definition) is 12. The van der Waals surface area contributed by atoms with Crippen molar-refractivity contribution < 1.29 is 53.1 Å². The Morgan fingerprint density at radius 3 is 1.84 bits per heavy atom. The van der Waals surface area contributed by atoms with Gasteiger partial charge in [0.15, 0.2) is 0 Å². The number of carbonyl (C=O) groups is 10. The van der Waals surface area contributed by atoms with Crippen molar-refractivity contribution in [2.75, 3.05) is 33.7 Å². The van der Waals surface area contributed by atoms with Crippen LogP contribution in [0.1, 0.15) is 71.3 Å². The molecule has 0 aliphatic rings. The molecule has 62 heavy (non-hydrogen) atoms. The zero-order valence-electron chi connectivity index (χ0n) is 35.9. The number of nitrogens with zero attached hydrogens (tertiary/aromatic N) is 1. The van der Waals surface area contributed by atoms with E-state index in [9.17, 15) is 53.1 Å². The topological polar surface area (TPSA) is 382 Å². The lowest BCUT2D eigenvalue weighted by Gasteiger charge is -2.29. The number of nitrogens with two attached hydrogens (primary N) is 4. The van der Waals surface area contributed by atoms with Gasteiger partial charge >= 0.3 is 0 Å². The first kappa shape index (κ1) is 53.7. The SMILES string of the molecule is CCCC[C@H](NC(=O)CN(C)C(=O)[C@H](CNC)NC(=O)[C@H](CC(N)=O)NC(=O)[C@H](CCC(N)=O)NC(=O)[C@@H](NC(=O)[C@@H](N)Cc1ccc(O)cc1)[C@@H](C)CC)C(=O)NCC(N)=O. The zero-order chi connectivity index (χ0) is 47.1. The van der Waals surface area contributed by atoms with Crippen molar-refractivity contribution in [3.05, 3.63) is 29.8 Å². The lowest BCUT2D eigenvalue weighted by Crippen LogP contribution is -2.61. The van der Waals surface area contributed by atoms with Gasteiger partial charge in [0.2, 0.25) is 59.1 Å². The maximum Gasteiger partial charge on any atom is 0.246 e. The van der Waals surface area contributed by atoms with Crippen LogP contribution in [0, 0.1) is 5.92 Å². The zero-order valence-corrected chi connectivity index (χ0v) is 35.9. The molecule has 0 saturated heterocycles. The van der Waals surface area contributed by atoms with Crippen LogP contribution >= 0.6 is 0 Å². The molecule has 0 aromatic heterocycles. The normalized spacial score (nSPS) is 14.2. The first-order valence-electron chi connectivity index (χ1n) is 20.2. The average Bonchev–Trinajstić information content (AvgIpc) is 3.21. The van der Waals surface area contributed by atoms with E-state index in [1.807, 2.05) is 6.92 Å². The first-order chi connectivity index (χ1) is 29.1. The van der Waals surface area contributed by atoms with Gasteiger partial charge in [-0.3, -0.25) is 47.9 Å². The molecular formula is C39H64N12O11. The molecule has 0 bridgehead atoms. The number of unbranched alkanes of at least 4 members (excludes halogenated alkanes) is 1. The van der Waals surface area contributed by atoms with E-state index in [1.165, 1.54) is 26.2 Å². The van der Waals surface area contributed by atoms with Crippen LogP contribution in [0.2, 0.25) is 0 Å². The summed E-state index contributed by atoms with van der Waals surface area (Å²) in [5.41, 5.74) is 22.6. The van der Waals surface area contributed by atoms with Gasteiger partial charge in [0.05, 0.1) is 25.6 Å². The number of amides is 10. The number of likely N-dealkylation sites (N-methyl/N-ethyl adjacent to an activating group) is 2. The van der Waals surface area contributed by atoms with Crippen molar-refractivity contribution >= 4 is 59.1 Å². The molecule has 0 fully saturated rings. The number of nitrogens with one attached hydrogen (secondary N) is 7. The number of carbonyl (C=O) groups excluding carboxylic acids is 10. The van der Waals surface area contributed by atoms with Crippen LogP contribution in [0.3, 0.4) is 0 Å². The van der Waals surface area contributed by atoms with Crippen LogP contribution in [0.4, 0.5) is 0 Å². The summed E-state index contributed by atoms with van der Waals surface area (Å²) in [6, 6.07) is -1.96. The number of phenolic OH excluding ortho intramolecular Hbond substituents is 1. The third-order valence-corrected chi connectivity index (χ3v) is 9.59. The maximum absolute atomic E-state index is 13.7. The van der Waals surface area contributed by atoms with Crippen molar-refractivity contribution in [2.45, 2.75) is 108 Å². The molecule has 0 aliphatic heterocycles. The van der Waals surface area contributed by atoms with Crippen LogP contribution in [-0.4, -0.2) is 139 Å². The molecule has 23 nitrogen and oxygen atoms in total. The summed E-state index contributed by atoms with van der Waals surface area (Å²) in [7, 11) is 2.73. The predicted octanol–water partition coefficient (Wildman–Crippen LogP) is -4.66. The molecule has 10 amide bonds. The Morgan fingerprint density at radius 2 is 1.29 bits per heavy atom. The van der Waals surface area contributed by atoms with E-state index < -0.39 is 127 Å². The lowest BCUT2D eigenvalue weighted by molar-refractivity contribution is -0.139. The molecular weight excluding hydrogens is 813 g/mol. The number of phenols is 1. The minimum Gasteiger partial charge on any atom is -0.508 e. The second kappa shape index (κ2) is 27.5. The van der Waals surface area contributed by atoms with Gasteiger partial charge < -0.3 is 70.2 Å². The minimum atomic E-state index is -1.71. The molecule has 16 N–H and O–H groups in total. The van der Waals surface area contributed by atoms with Gasteiger partial charge in [-0.25, -0.2) is 0 Å². The number of primary amides is 3. The molecule has 0 heterocycles. The van der Waals surface area contributed by atoms with Gasteiger partial charge in [-0.2, -0.15) is 0 Å². The summed E-state index contributed by atoms with van der Waals surface area (Å²) in [5.74, 6) is -8.90. The van der Waals surface area contributed by atoms with Crippen molar-refractivity contribution in [3.63, 3.8) is 0 Å². The summed E-state index contributed by atoms with van der Waals surface area (Å²) in [6.45, 7) is 4.10. The van der Waals surface area contributed by atoms with E-state index in [-0.39, 0.29) is 31.6 Å². The number of aromatic hydroxyl groups is 1. The van der Waals surface area contributed by atoms with Crippen LogP contribution in [0.25, 0.3) is 0 Å². The van der Waals surface area contributed by atoms with E-state index in [1.54, 1.807) is 26.0 Å². The Labute approximate surface area is 360 Å². The largest absolute Gasteiger partial charge is 0.508 e. The molecule has 346 valence electrons. The maximum atomic E-state index is 13.7. The van der Waals surface area contributed by atoms with Gasteiger partial charge in [0.1, 0.15) is 36.0 Å². The molecule has 1 aromatic carbocycles. The third kappa shape index (κ3) is 19.8. The Hall–Kier alpha value is -6.36. The molecule has 0 radical (unpaired) electrons. The fourth-order valence-electron chi connectivity index (χ4n) is 5.89. The highest BCUT2D eigenvalue weighted by atomic mass is 16.3. The summed E-state index contributed by atoms with van der Waals surface area (Å²) in [4.78, 5) is 129. The highest BCUT2D eigenvalue weighted by Crippen LogP contribution is 2.13. The fraction of sp³-hybridized carbons (Fsp3) is 0.590.